The van der Waals surface area contributed by atoms with Crippen molar-refractivity contribution in [3.8, 4) is 0 Å². The molecule has 0 spiro atoms. The van der Waals surface area contributed by atoms with Crippen LogP contribution in [0.25, 0.3) is 0 Å². The van der Waals surface area contributed by atoms with Gasteiger partial charge in [0.15, 0.2) is 0 Å². The van der Waals surface area contributed by atoms with Crippen LogP contribution < -0.4 is 9.62 Å². The fourth-order valence-corrected chi connectivity index (χ4v) is 3.37. The SMILES string of the molecule is CSc1cccc(NC(=O)CN(c2cccc(F)c2)S(C)(=O)=O)c1. The van der Waals surface area contributed by atoms with Gasteiger partial charge in [-0.25, -0.2) is 12.8 Å². The van der Waals surface area contributed by atoms with Crippen LogP contribution in [0.3, 0.4) is 0 Å². The number of carbonyl (C=O) groups is 1. The quantitative estimate of drug-likeness (QED) is 0.796. The van der Waals surface area contributed by atoms with Crippen molar-refractivity contribution in [2.75, 3.05) is 28.7 Å². The lowest BCUT2D eigenvalue weighted by atomic mass is 10.3. The molecule has 8 heteroatoms. The minimum absolute atomic E-state index is 0.102. The first-order valence-corrected chi connectivity index (χ1v) is 10.0. The van der Waals surface area contributed by atoms with Crippen LogP contribution in [-0.2, 0) is 14.8 Å². The summed E-state index contributed by atoms with van der Waals surface area (Å²) in [7, 11) is -3.73. The molecule has 0 saturated heterocycles. The lowest BCUT2D eigenvalue weighted by molar-refractivity contribution is -0.114. The standard InChI is InChI=1S/C16H17FN2O3S2/c1-23-15-8-4-6-13(10-15)18-16(20)11-19(24(2,21)22)14-7-3-5-12(17)9-14/h3-10H,11H2,1-2H3,(H,18,20). The Morgan fingerprint density at radius 1 is 1.21 bits per heavy atom. The molecule has 24 heavy (non-hydrogen) atoms. The second-order valence-corrected chi connectivity index (χ2v) is 7.82. The predicted molar refractivity (Wildman–Crippen MR) is 95.4 cm³/mol. The van der Waals surface area contributed by atoms with Crippen LogP contribution in [0.15, 0.2) is 53.4 Å². The average Bonchev–Trinajstić information content (AvgIpc) is 2.51. The van der Waals surface area contributed by atoms with Gasteiger partial charge in [-0.15, -0.1) is 11.8 Å². The maximum atomic E-state index is 13.4. The number of amides is 1. The summed E-state index contributed by atoms with van der Waals surface area (Å²) in [6.07, 6.45) is 2.88. The Bertz CT molecular complexity index is 841. The molecule has 0 atom stereocenters. The van der Waals surface area contributed by atoms with Crippen LogP contribution in [0, 0.1) is 5.82 Å². The third-order valence-corrected chi connectivity index (χ3v) is 5.00. The van der Waals surface area contributed by atoms with E-state index in [0.717, 1.165) is 21.5 Å². The van der Waals surface area contributed by atoms with Gasteiger partial charge in [-0.1, -0.05) is 12.1 Å². The van der Waals surface area contributed by atoms with Crippen LogP contribution in [0.5, 0.6) is 0 Å². The zero-order chi connectivity index (χ0) is 17.7. The van der Waals surface area contributed by atoms with Crippen LogP contribution >= 0.6 is 11.8 Å². The van der Waals surface area contributed by atoms with Gasteiger partial charge in [-0.2, -0.15) is 0 Å². The van der Waals surface area contributed by atoms with Crippen molar-refractivity contribution >= 4 is 39.1 Å². The normalized spacial score (nSPS) is 11.1. The Morgan fingerprint density at radius 2 is 1.92 bits per heavy atom. The Kier molecular flexibility index (Phi) is 5.84. The first kappa shape index (κ1) is 18.3. The molecule has 0 aliphatic heterocycles. The Morgan fingerprint density at radius 3 is 2.54 bits per heavy atom. The molecule has 2 rings (SSSR count). The smallest absolute Gasteiger partial charge is 0.245 e. The monoisotopic (exact) mass is 368 g/mol. The molecule has 128 valence electrons. The molecule has 2 aromatic carbocycles. The number of hydrogen-bond acceptors (Lipinski definition) is 4. The first-order valence-electron chi connectivity index (χ1n) is 6.97. The topological polar surface area (TPSA) is 66.5 Å². The summed E-state index contributed by atoms with van der Waals surface area (Å²) in [6, 6.07) is 12.3. The number of nitrogens with one attached hydrogen (secondary N) is 1. The molecule has 2 aromatic rings. The summed E-state index contributed by atoms with van der Waals surface area (Å²) in [5.74, 6) is -1.09. The van der Waals surface area contributed by atoms with E-state index in [1.54, 1.807) is 18.2 Å². The Labute approximate surface area is 144 Å². The average molecular weight is 368 g/mol. The fourth-order valence-electron chi connectivity index (χ4n) is 2.06. The summed E-state index contributed by atoms with van der Waals surface area (Å²) in [4.78, 5) is 13.2. The van der Waals surface area contributed by atoms with E-state index in [4.69, 9.17) is 0 Å². The number of nitrogens with zero attached hydrogens (tertiary/aromatic N) is 1. The van der Waals surface area contributed by atoms with E-state index in [-0.39, 0.29) is 5.69 Å². The molecule has 0 aromatic heterocycles. The highest BCUT2D eigenvalue weighted by Gasteiger charge is 2.21. The summed E-state index contributed by atoms with van der Waals surface area (Å²) in [5, 5.41) is 2.65. The molecule has 0 saturated carbocycles. The van der Waals surface area contributed by atoms with Crippen LogP contribution in [0.1, 0.15) is 0 Å². The summed E-state index contributed by atoms with van der Waals surface area (Å²) >= 11 is 1.53. The van der Waals surface area contributed by atoms with E-state index in [9.17, 15) is 17.6 Å². The largest absolute Gasteiger partial charge is 0.324 e. The number of rotatable bonds is 6. The molecular weight excluding hydrogens is 351 g/mol. The summed E-state index contributed by atoms with van der Waals surface area (Å²) in [6.45, 7) is -0.439. The molecular formula is C16H17FN2O3S2. The molecule has 0 bridgehead atoms. The Balaban J connectivity index is 2.19. The number of thioether (sulfide) groups is 1. The minimum Gasteiger partial charge on any atom is -0.324 e. The summed E-state index contributed by atoms with van der Waals surface area (Å²) < 4.78 is 38.1. The van der Waals surface area contributed by atoms with Crippen molar-refractivity contribution in [3.05, 3.63) is 54.3 Å². The maximum absolute atomic E-state index is 13.4. The molecule has 1 N–H and O–H groups in total. The van der Waals surface area contributed by atoms with Gasteiger partial charge in [-0.3, -0.25) is 9.10 Å². The van der Waals surface area contributed by atoms with E-state index in [1.165, 1.54) is 30.0 Å². The van der Waals surface area contributed by atoms with Crippen molar-refractivity contribution in [2.45, 2.75) is 4.90 Å². The molecule has 0 radical (unpaired) electrons. The van der Waals surface area contributed by atoms with E-state index in [0.29, 0.717) is 5.69 Å². The van der Waals surface area contributed by atoms with Crippen molar-refractivity contribution in [3.63, 3.8) is 0 Å². The number of carbonyl (C=O) groups excluding carboxylic acids is 1. The molecule has 0 fully saturated rings. The summed E-state index contributed by atoms with van der Waals surface area (Å²) in [5.41, 5.74) is 0.671. The van der Waals surface area contributed by atoms with Gasteiger partial charge in [-0.05, 0) is 42.7 Å². The van der Waals surface area contributed by atoms with Crippen molar-refractivity contribution in [1.29, 1.82) is 0 Å². The number of hydrogen-bond donors (Lipinski definition) is 1. The molecule has 1 amide bonds. The van der Waals surface area contributed by atoms with E-state index >= 15 is 0 Å². The second-order valence-electron chi connectivity index (χ2n) is 5.03. The van der Waals surface area contributed by atoms with Gasteiger partial charge in [0.2, 0.25) is 15.9 Å². The highest BCUT2D eigenvalue weighted by molar-refractivity contribution is 7.98. The van der Waals surface area contributed by atoms with Crippen molar-refractivity contribution < 1.29 is 17.6 Å². The van der Waals surface area contributed by atoms with Crippen molar-refractivity contribution in [1.82, 2.24) is 0 Å². The number of halogens is 1. The third kappa shape index (κ3) is 4.97. The Hall–Kier alpha value is -2.06. The molecule has 0 heterocycles. The van der Waals surface area contributed by atoms with Gasteiger partial charge < -0.3 is 5.32 Å². The van der Waals surface area contributed by atoms with Crippen LogP contribution in [0.2, 0.25) is 0 Å². The van der Waals surface area contributed by atoms with Gasteiger partial charge >= 0.3 is 0 Å². The number of benzene rings is 2. The zero-order valence-electron chi connectivity index (χ0n) is 13.2. The van der Waals surface area contributed by atoms with Gasteiger partial charge in [0.1, 0.15) is 12.4 Å². The fraction of sp³-hybridized carbons (Fsp3) is 0.188. The minimum atomic E-state index is -3.73. The predicted octanol–water partition coefficient (Wildman–Crippen LogP) is 2.95. The van der Waals surface area contributed by atoms with E-state index < -0.39 is 28.3 Å². The third-order valence-electron chi connectivity index (χ3n) is 3.14. The lowest BCUT2D eigenvalue weighted by Crippen LogP contribution is -2.37. The zero-order valence-corrected chi connectivity index (χ0v) is 14.8. The van der Waals surface area contributed by atoms with Gasteiger partial charge in [0.05, 0.1) is 11.9 Å². The highest BCUT2D eigenvalue weighted by Crippen LogP contribution is 2.20. The lowest BCUT2D eigenvalue weighted by Gasteiger charge is -2.22. The molecule has 0 unspecified atom stereocenters. The molecule has 0 aliphatic rings. The second kappa shape index (κ2) is 7.67. The number of sulfonamides is 1. The van der Waals surface area contributed by atoms with Gasteiger partial charge in [0.25, 0.3) is 0 Å². The molecule has 5 nitrogen and oxygen atoms in total. The van der Waals surface area contributed by atoms with Gasteiger partial charge in [0, 0.05) is 10.6 Å². The van der Waals surface area contributed by atoms with E-state index in [2.05, 4.69) is 5.32 Å². The highest BCUT2D eigenvalue weighted by atomic mass is 32.2. The first-order chi connectivity index (χ1) is 11.3. The van der Waals surface area contributed by atoms with Crippen LogP contribution in [0.4, 0.5) is 15.8 Å². The number of anilines is 2. The maximum Gasteiger partial charge on any atom is 0.245 e. The molecule has 0 aliphatic carbocycles. The van der Waals surface area contributed by atoms with Crippen molar-refractivity contribution in [2.24, 2.45) is 0 Å². The van der Waals surface area contributed by atoms with E-state index in [1.807, 2.05) is 12.3 Å². The van der Waals surface area contributed by atoms with Crippen LogP contribution in [-0.4, -0.2) is 33.4 Å².